The molecule has 0 saturated heterocycles. The van der Waals surface area contributed by atoms with Crippen molar-refractivity contribution >= 4 is 5.82 Å². The summed E-state index contributed by atoms with van der Waals surface area (Å²) in [4.78, 5) is 19.1. The maximum absolute atomic E-state index is 10.8. The molecule has 0 fully saturated rings. The Balaban J connectivity index is 2.96. The average molecular weight is 153 g/mol. The lowest BCUT2D eigenvalue weighted by molar-refractivity contribution is 0.923. The highest BCUT2D eigenvalue weighted by atomic mass is 16.1. The molecule has 0 aliphatic carbocycles. The molecule has 0 spiro atoms. The van der Waals surface area contributed by atoms with Crippen LogP contribution in [0.25, 0.3) is 0 Å². The van der Waals surface area contributed by atoms with Gasteiger partial charge in [0.05, 0.1) is 6.33 Å². The van der Waals surface area contributed by atoms with Crippen LogP contribution >= 0.6 is 0 Å². The number of hydrogen-bond donors (Lipinski definition) is 1. The molecule has 0 saturated carbocycles. The highest BCUT2D eigenvalue weighted by Gasteiger charge is 1.97. The van der Waals surface area contributed by atoms with Gasteiger partial charge in [-0.2, -0.15) is 0 Å². The van der Waals surface area contributed by atoms with Crippen LogP contribution < -0.4 is 10.5 Å². The van der Waals surface area contributed by atoms with E-state index in [0.717, 1.165) is 6.54 Å². The van der Waals surface area contributed by atoms with E-state index < -0.39 is 0 Å². The molecule has 0 unspecified atom stereocenters. The van der Waals surface area contributed by atoms with Gasteiger partial charge in [-0.25, -0.2) is 4.98 Å². The van der Waals surface area contributed by atoms with Crippen LogP contribution in [0.5, 0.6) is 0 Å². The molecule has 1 aromatic heterocycles. The van der Waals surface area contributed by atoms with Crippen molar-refractivity contribution in [1.82, 2.24) is 9.97 Å². The second kappa shape index (κ2) is 3.18. The molecular weight excluding hydrogens is 142 g/mol. The molecule has 0 aliphatic heterocycles. The highest BCUT2D eigenvalue weighted by Crippen LogP contribution is 2.00. The Labute approximate surface area is 64.9 Å². The van der Waals surface area contributed by atoms with Crippen LogP contribution in [0.3, 0.4) is 0 Å². The monoisotopic (exact) mass is 153 g/mol. The lowest BCUT2D eigenvalue weighted by atomic mass is 10.5. The number of hydrogen-bond acceptors (Lipinski definition) is 3. The van der Waals surface area contributed by atoms with Gasteiger partial charge in [0.2, 0.25) is 0 Å². The second-order valence-corrected chi connectivity index (χ2v) is 2.28. The van der Waals surface area contributed by atoms with Crippen molar-refractivity contribution in [2.24, 2.45) is 0 Å². The van der Waals surface area contributed by atoms with Crippen molar-refractivity contribution in [2.75, 3.05) is 18.5 Å². The highest BCUT2D eigenvalue weighted by molar-refractivity contribution is 5.34. The van der Waals surface area contributed by atoms with Crippen molar-refractivity contribution in [1.29, 1.82) is 0 Å². The summed E-state index contributed by atoms with van der Waals surface area (Å²) in [5, 5.41) is 0. The smallest absolute Gasteiger partial charge is 0.252 e. The molecule has 0 amide bonds. The molecule has 0 atom stereocenters. The first-order chi connectivity index (χ1) is 5.24. The van der Waals surface area contributed by atoms with E-state index in [4.69, 9.17) is 0 Å². The van der Waals surface area contributed by atoms with E-state index in [1.807, 2.05) is 18.9 Å². The molecule has 0 bridgehead atoms. The van der Waals surface area contributed by atoms with Gasteiger partial charge in [-0.05, 0) is 6.92 Å². The maximum Gasteiger partial charge on any atom is 0.252 e. The molecule has 1 N–H and O–H groups in total. The third-order valence-corrected chi connectivity index (χ3v) is 1.53. The van der Waals surface area contributed by atoms with Crippen molar-refractivity contribution < 1.29 is 0 Å². The van der Waals surface area contributed by atoms with Gasteiger partial charge >= 0.3 is 0 Å². The summed E-state index contributed by atoms with van der Waals surface area (Å²) in [6, 6.07) is 1.48. The number of anilines is 1. The minimum Gasteiger partial charge on any atom is -0.360 e. The number of H-pyrrole nitrogens is 1. The Hall–Kier alpha value is -1.32. The first kappa shape index (κ1) is 7.78. The van der Waals surface area contributed by atoms with E-state index in [1.165, 1.54) is 12.4 Å². The molecule has 1 heterocycles. The largest absolute Gasteiger partial charge is 0.360 e. The topological polar surface area (TPSA) is 49.0 Å². The zero-order valence-corrected chi connectivity index (χ0v) is 6.66. The van der Waals surface area contributed by atoms with Crippen molar-refractivity contribution in [3.63, 3.8) is 0 Å². The van der Waals surface area contributed by atoms with Crippen molar-refractivity contribution in [3.8, 4) is 0 Å². The Morgan fingerprint density at radius 2 is 2.45 bits per heavy atom. The fraction of sp³-hybridized carbons (Fsp3) is 0.429. The molecule has 4 nitrogen and oxygen atoms in total. The molecule has 0 radical (unpaired) electrons. The van der Waals surface area contributed by atoms with Crippen molar-refractivity contribution in [3.05, 3.63) is 22.7 Å². The van der Waals surface area contributed by atoms with Crippen LogP contribution in [-0.4, -0.2) is 23.6 Å². The molecule has 11 heavy (non-hydrogen) atoms. The summed E-state index contributed by atoms with van der Waals surface area (Å²) >= 11 is 0. The maximum atomic E-state index is 10.8. The van der Waals surface area contributed by atoms with Crippen LogP contribution in [0.2, 0.25) is 0 Å². The normalized spacial score (nSPS) is 9.64. The molecular formula is C7H11N3O. The molecule has 1 aromatic rings. The SMILES string of the molecule is CCN(C)c1cc(=O)[nH]cn1. The number of aromatic nitrogens is 2. The molecule has 0 aromatic carbocycles. The van der Waals surface area contributed by atoms with E-state index in [1.54, 1.807) is 0 Å². The van der Waals surface area contributed by atoms with Gasteiger partial charge in [0.1, 0.15) is 5.82 Å². The van der Waals surface area contributed by atoms with Gasteiger partial charge in [-0.3, -0.25) is 4.79 Å². The summed E-state index contributed by atoms with van der Waals surface area (Å²) < 4.78 is 0. The van der Waals surface area contributed by atoms with Gasteiger partial charge in [-0.15, -0.1) is 0 Å². The Morgan fingerprint density at radius 3 is 3.00 bits per heavy atom. The minimum atomic E-state index is -0.115. The standard InChI is InChI=1S/C7H11N3O/c1-3-10(2)6-4-7(11)9-5-8-6/h4-5H,3H2,1-2H3,(H,8,9,11). The van der Waals surface area contributed by atoms with Crippen LogP contribution in [0.15, 0.2) is 17.2 Å². The van der Waals surface area contributed by atoms with Crippen LogP contribution in [0.1, 0.15) is 6.92 Å². The number of rotatable bonds is 2. The molecule has 4 heteroatoms. The fourth-order valence-corrected chi connectivity index (χ4v) is 0.729. The summed E-state index contributed by atoms with van der Waals surface area (Å²) in [5.41, 5.74) is -0.115. The van der Waals surface area contributed by atoms with Gasteiger partial charge in [0.15, 0.2) is 0 Å². The van der Waals surface area contributed by atoms with Crippen LogP contribution in [0.4, 0.5) is 5.82 Å². The quantitative estimate of drug-likeness (QED) is 0.661. The van der Waals surface area contributed by atoms with Crippen molar-refractivity contribution in [2.45, 2.75) is 6.92 Å². The Kier molecular flexibility index (Phi) is 2.25. The molecule has 0 aliphatic rings. The average Bonchev–Trinajstić information content (AvgIpc) is 2.03. The predicted molar refractivity (Wildman–Crippen MR) is 43.8 cm³/mol. The zero-order chi connectivity index (χ0) is 8.27. The first-order valence-electron chi connectivity index (χ1n) is 3.50. The van der Waals surface area contributed by atoms with E-state index in [9.17, 15) is 4.79 Å². The number of aromatic amines is 1. The van der Waals surface area contributed by atoms with Gasteiger partial charge in [0.25, 0.3) is 5.56 Å². The number of nitrogens with one attached hydrogen (secondary N) is 1. The van der Waals surface area contributed by atoms with E-state index in [2.05, 4.69) is 9.97 Å². The summed E-state index contributed by atoms with van der Waals surface area (Å²) in [6.45, 7) is 2.85. The van der Waals surface area contributed by atoms with Gasteiger partial charge in [-0.1, -0.05) is 0 Å². The molecule has 60 valence electrons. The summed E-state index contributed by atoms with van der Waals surface area (Å²) in [6.07, 6.45) is 1.41. The first-order valence-corrected chi connectivity index (χ1v) is 3.50. The Morgan fingerprint density at radius 1 is 1.73 bits per heavy atom. The molecule has 1 rings (SSSR count). The van der Waals surface area contributed by atoms with E-state index in [-0.39, 0.29) is 5.56 Å². The third-order valence-electron chi connectivity index (χ3n) is 1.53. The van der Waals surface area contributed by atoms with Gasteiger partial charge in [0, 0.05) is 19.7 Å². The summed E-state index contributed by atoms with van der Waals surface area (Å²) in [7, 11) is 1.89. The van der Waals surface area contributed by atoms with E-state index >= 15 is 0 Å². The summed E-state index contributed by atoms with van der Waals surface area (Å²) in [5.74, 6) is 0.705. The lowest BCUT2D eigenvalue weighted by Crippen LogP contribution is -2.19. The zero-order valence-electron chi connectivity index (χ0n) is 6.66. The minimum absolute atomic E-state index is 0.115. The Bertz CT molecular complexity index is 281. The van der Waals surface area contributed by atoms with Crippen LogP contribution in [0, 0.1) is 0 Å². The lowest BCUT2D eigenvalue weighted by Gasteiger charge is -2.13. The fourth-order valence-electron chi connectivity index (χ4n) is 0.729. The van der Waals surface area contributed by atoms with Crippen LogP contribution in [-0.2, 0) is 0 Å². The third kappa shape index (κ3) is 1.80. The van der Waals surface area contributed by atoms with E-state index in [0.29, 0.717) is 5.82 Å². The number of nitrogens with zero attached hydrogens (tertiary/aromatic N) is 2. The van der Waals surface area contributed by atoms with Gasteiger partial charge < -0.3 is 9.88 Å². The second-order valence-electron chi connectivity index (χ2n) is 2.28. The predicted octanol–water partition coefficient (Wildman–Crippen LogP) is 0.226.